The van der Waals surface area contributed by atoms with Gasteiger partial charge in [0.15, 0.2) is 0 Å². The minimum Gasteiger partial charge on any atom is -0.481 e. The Morgan fingerprint density at radius 2 is 2.10 bits per heavy atom. The number of fused-ring (bicyclic) bond motifs is 1. The summed E-state index contributed by atoms with van der Waals surface area (Å²) in [7, 11) is 0. The fourth-order valence-electron chi connectivity index (χ4n) is 2.96. The van der Waals surface area contributed by atoms with E-state index >= 15 is 0 Å². The van der Waals surface area contributed by atoms with Gasteiger partial charge in [0.1, 0.15) is 0 Å². The van der Waals surface area contributed by atoms with Crippen molar-refractivity contribution in [3.63, 3.8) is 0 Å². The van der Waals surface area contributed by atoms with E-state index in [1.165, 1.54) is 36.0 Å². The number of carboxylic acid groups (broad SMARTS) is 1. The first-order valence-electron chi connectivity index (χ1n) is 7.67. The van der Waals surface area contributed by atoms with Crippen LogP contribution in [0.3, 0.4) is 0 Å². The zero-order valence-corrected chi connectivity index (χ0v) is 12.5. The normalized spacial score (nSPS) is 16.7. The summed E-state index contributed by atoms with van der Waals surface area (Å²) in [6.45, 7) is 4.22. The lowest BCUT2D eigenvalue weighted by molar-refractivity contribution is -0.137. The van der Waals surface area contributed by atoms with Crippen LogP contribution in [0.4, 0.5) is 0 Å². The number of hydrogen-bond acceptors (Lipinski definition) is 2. The molecule has 0 bridgehead atoms. The minimum absolute atomic E-state index is 0.0157. The number of rotatable bonds is 7. The first-order chi connectivity index (χ1) is 9.58. The zero-order valence-electron chi connectivity index (χ0n) is 12.5. The quantitative estimate of drug-likeness (QED) is 0.804. The number of aliphatic carboxylic acids is 1. The number of aryl methyl sites for hydroxylation is 2. The summed E-state index contributed by atoms with van der Waals surface area (Å²) >= 11 is 0. The van der Waals surface area contributed by atoms with E-state index < -0.39 is 5.97 Å². The molecule has 2 unspecified atom stereocenters. The van der Waals surface area contributed by atoms with Crippen molar-refractivity contribution in [3.8, 4) is 0 Å². The molecule has 2 N–H and O–H groups in total. The van der Waals surface area contributed by atoms with Gasteiger partial charge in [-0.3, -0.25) is 4.79 Å². The smallest absolute Gasteiger partial charge is 0.304 e. The highest BCUT2D eigenvalue weighted by atomic mass is 16.4. The predicted molar refractivity (Wildman–Crippen MR) is 81.1 cm³/mol. The Labute approximate surface area is 121 Å². The van der Waals surface area contributed by atoms with Gasteiger partial charge in [0.2, 0.25) is 0 Å². The SMILES string of the molecule is CCC(C)NC(CC(=O)O)Cc1ccc2c(c1)CCC2. The molecule has 3 nitrogen and oxygen atoms in total. The van der Waals surface area contributed by atoms with Crippen molar-refractivity contribution < 1.29 is 9.90 Å². The summed E-state index contributed by atoms with van der Waals surface area (Å²) in [6.07, 6.45) is 5.61. The predicted octanol–water partition coefficient (Wildman–Crippen LogP) is 2.95. The fraction of sp³-hybridized carbons (Fsp3) is 0.588. The van der Waals surface area contributed by atoms with E-state index in [4.69, 9.17) is 5.11 Å². The molecule has 0 saturated heterocycles. The van der Waals surface area contributed by atoms with Crippen LogP contribution < -0.4 is 5.32 Å². The fourth-order valence-corrected chi connectivity index (χ4v) is 2.96. The highest BCUT2D eigenvalue weighted by Gasteiger charge is 2.17. The van der Waals surface area contributed by atoms with Gasteiger partial charge in [-0.15, -0.1) is 0 Å². The van der Waals surface area contributed by atoms with Gasteiger partial charge in [0.05, 0.1) is 6.42 Å². The molecule has 0 heterocycles. The molecule has 0 fully saturated rings. The Balaban J connectivity index is 2.04. The number of nitrogens with one attached hydrogen (secondary N) is 1. The third-order valence-electron chi connectivity index (χ3n) is 4.20. The van der Waals surface area contributed by atoms with Gasteiger partial charge in [-0.05, 0) is 55.7 Å². The minimum atomic E-state index is -0.730. The van der Waals surface area contributed by atoms with Crippen LogP contribution in [0.15, 0.2) is 18.2 Å². The number of hydrogen-bond donors (Lipinski definition) is 2. The van der Waals surface area contributed by atoms with Gasteiger partial charge in [-0.25, -0.2) is 0 Å². The van der Waals surface area contributed by atoms with Crippen LogP contribution in [0.2, 0.25) is 0 Å². The van der Waals surface area contributed by atoms with E-state index in [1.807, 2.05) is 0 Å². The maximum absolute atomic E-state index is 11.0. The average molecular weight is 275 g/mol. The van der Waals surface area contributed by atoms with Crippen molar-refractivity contribution in [2.45, 2.75) is 64.5 Å². The third-order valence-corrected chi connectivity index (χ3v) is 4.20. The molecule has 1 aliphatic carbocycles. The van der Waals surface area contributed by atoms with E-state index in [2.05, 4.69) is 37.4 Å². The molecule has 1 aliphatic rings. The van der Waals surface area contributed by atoms with Crippen LogP contribution in [0.5, 0.6) is 0 Å². The summed E-state index contributed by atoms with van der Waals surface area (Å²) in [5.41, 5.74) is 4.19. The van der Waals surface area contributed by atoms with Crippen molar-refractivity contribution in [2.24, 2.45) is 0 Å². The first kappa shape index (κ1) is 15.0. The summed E-state index contributed by atoms with van der Waals surface area (Å²) < 4.78 is 0. The first-order valence-corrected chi connectivity index (χ1v) is 7.67. The molecule has 110 valence electrons. The zero-order chi connectivity index (χ0) is 14.5. The van der Waals surface area contributed by atoms with Gasteiger partial charge in [-0.2, -0.15) is 0 Å². The average Bonchev–Trinajstić information content (AvgIpc) is 2.85. The second-order valence-corrected chi connectivity index (χ2v) is 5.93. The standard InChI is InChI=1S/C17H25NO2/c1-3-12(2)18-16(11-17(19)20)10-13-7-8-14-5-4-6-15(14)9-13/h7-9,12,16,18H,3-6,10-11H2,1-2H3,(H,19,20). The van der Waals surface area contributed by atoms with Crippen molar-refractivity contribution in [1.29, 1.82) is 0 Å². The molecule has 0 saturated carbocycles. The van der Waals surface area contributed by atoms with E-state index in [0.717, 1.165) is 12.8 Å². The molecule has 2 rings (SSSR count). The summed E-state index contributed by atoms with van der Waals surface area (Å²) in [5, 5.41) is 12.5. The highest BCUT2D eigenvalue weighted by Crippen LogP contribution is 2.23. The second kappa shape index (κ2) is 6.89. The van der Waals surface area contributed by atoms with Gasteiger partial charge in [0.25, 0.3) is 0 Å². The monoisotopic (exact) mass is 275 g/mol. The van der Waals surface area contributed by atoms with E-state index in [0.29, 0.717) is 6.04 Å². The molecule has 0 aliphatic heterocycles. The van der Waals surface area contributed by atoms with Gasteiger partial charge < -0.3 is 10.4 Å². The summed E-state index contributed by atoms with van der Waals surface area (Å²) in [6, 6.07) is 7.03. The highest BCUT2D eigenvalue weighted by molar-refractivity contribution is 5.67. The maximum Gasteiger partial charge on any atom is 0.304 e. The molecule has 0 amide bonds. The third kappa shape index (κ3) is 4.07. The molecule has 0 spiro atoms. The van der Waals surface area contributed by atoms with Crippen LogP contribution in [-0.2, 0) is 24.1 Å². The van der Waals surface area contributed by atoms with E-state index in [1.54, 1.807) is 0 Å². The number of carbonyl (C=O) groups is 1. The second-order valence-electron chi connectivity index (χ2n) is 5.93. The largest absolute Gasteiger partial charge is 0.481 e. The van der Waals surface area contributed by atoms with Crippen molar-refractivity contribution in [1.82, 2.24) is 5.32 Å². The van der Waals surface area contributed by atoms with E-state index in [9.17, 15) is 4.79 Å². The lowest BCUT2D eigenvalue weighted by Gasteiger charge is -2.21. The van der Waals surface area contributed by atoms with Crippen LogP contribution in [0.1, 0.15) is 49.8 Å². The molecule has 2 atom stereocenters. The molecule has 1 aromatic carbocycles. The van der Waals surface area contributed by atoms with Crippen LogP contribution in [0.25, 0.3) is 0 Å². The Hall–Kier alpha value is -1.35. The molecule has 0 radical (unpaired) electrons. The Morgan fingerprint density at radius 1 is 1.35 bits per heavy atom. The van der Waals surface area contributed by atoms with Crippen LogP contribution >= 0.6 is 0 Å². The lowest BCUT2D eigenvalue weighted by atomic mass is 9.98. The number of benzene rings is 1. The molecule has 0 aromatic heterocycles. The van der Waals surface area contributed by atoms with Gasteiger partial charge in [0, 0.05) is 12.1 Å². The van der Waals surface area contributed by atoms with E-state index in [-0.39, 0.29) is 12.5 Å². The lowest BCUT2D eigenvalue weighted by Crippen LogP contribution is -2.39. The van der Waals surface area contributed by atoms with Crippen LogP contribution in [-0.4, -0.2) is 23.2 Å². The molecular weight excluding hydrogens is 250 g/mol. The van der Waals surface area contributed by atoms with Gasteiger partial charge >= 0.3 is 5.97 Å². The maximum atomic E-state index is 11.0. The Kier molecular flexibility index (Phi) is 5.18. The number of carboxylic acids is 1. The van der Waals surface area contributed by atoms with Crippen LogP contribution in [0, 0.1) is 0 Å². The van der Waals surface area contributed by atoms with Crippen molar-refractivity contribution in [3.05, 3.63) is 34.9 Å². The Morgan fingerprint density at radius 3 is 2.80 bits per heavy atom. The van der Waals surface area contributed by atoms with Gasteiger partial charge in [-0.1, -0.05) is 25.1 Å². The van der Waals surface area contributed by atoms with Crippen molar-refractivity contribution in [2.75, 3.05) is 0 Å². The molecule has 1 aromatic rings. The molecular formula is C17H25NO2. The van der Waals surface area contributed by atoms with Crippen molar-refractivity contribution >= 4 is 5.97 Å². The summed E-state index contributed by atoms with van der Waals surface area (Å²) in [5.74, 6) is -0.730. The molecule has 3 heteroatoms. The Bertz CT molecular complexity index is 470. The topological polar surface area (TPSA) is 49.3 Å². The molecule has 20 heavy (non-hydrogen) atoms. The summed E-state index contributed by atoms with van der Waals surface area (Å²) in [4.78, 5) is 11.0.